The van der Waals surface area contributed by atoms with Crippen LogP contribution in [0.1, 0.15) is 42.4 Å². The van der Waals surface area contributed by atoms with Gasteiger partial charge in [0.15, 0.2) is 17.6 Å². The molecule has 148 valence electrons. The summed E-state index contributed by atoms with van der Waals surface area (Å²) in [4.78, 5) is 14.3. The molecule has 7 heteroatoms. The SMILES string of the molecule is CN1C(=N)N[C@](C)(c2cccc(F)c2F)[C@@H](c2ccc(C3(C#N)CC3)cc2)C1=O. The van der Waals surface area contributed by atoms with Gasteiger partial charge in [0.2, 0.25) is 5.91 Å². The number of carbonyl (C=O) groups excluding carboxylic acids is 1. The van der Waals surface area contributed by atoms with Gasteiger partial charge in [-0.25, -0.2) is 8.78 Å². The zero-order valence-corrected chi connectivity index (χ0v) is 16.1. The maximum atomic E-state index is 14.7. The molecule has 2 aromatic rings. The van der Waals surface area contributed by atoms with Gasteiger partial charge in [-0.3, -0.25) is 15.1 Å². The minimum Gasteiger partial charge on any atom is -0.346 e. The molecule has 2 aliphatic rings. The van der Waals surface area contributed by atoms with Gasteiger partial charge in [-0.15, -0.1) is 0 Å². The second-order valence-electron chi connectivity index (χ2n) is 7.92. The average Bonchev–Trinajstić information content (AvgIpc) is 3.50. The van der Waals surface area contributed by atoms with E-state index in [-0.39, 0.29) is 11.5 Å². The number of nitriles is 1. The van der Waals surface area contributed by atoms with Crippen LogP contribution in [0.3, 0.4) is 0 Å². The van der Waals surface area contributed by atoms with E-state index in [1.807, 2.05) is 12.1 Å². The van der Waals surface area contributed by atoms with E-state index in [1.54, 1.807) is 19.1 Å². The maximum absolute atomic E-state index is 14.7. The number of carbonyl (C=O) groups is 1. The first-order valence-corrected chi connectivity index (χ1v) is 9.34. The van der Waals surface area contributed by atoms with E-state index >= 15 is 0 Å². The Morgan fingerprint density at radius 1 is 1.21 bits per heavy atom. The van der Waals surface area contributed by atoms with Crippen LogP contribution in [-0.4, -0.2) is 23.8 Å². The predicted octanol–water partition coefficient (Wildman–Crippen LogP) is 3.52. The van der Waals surface area contributed by atoms with Crippen molar-refractivity contribution in [3.8, 4) is 6.07 Å². The molecule has 1 amide bonds. The third kappa shape index (κ3) is 2.79. The lowest BCUT2D eigenvalue weighted by Crippen LogP contribution is -2.62. The van der Waals surface area contributed by atoms with Crippen molar-refractivity contribution in [1.29, 1.82) is 10.7 Å². The van der Waals surface area contributed by atoms with E-state index in [1.165, 1.54) is 19.2 Å². The largest absolute Gasteiger partial charge is 0.346 e. The van der Waals surface area contributed by atoms with Gasteiger partial charge in [-0.2, -0.15) is 5.26 Å². The molecule has 2 atom stereocenters. The van der Waals surface area contributed by atoms with Crippen LogP contribution >= 0.6 is 0 Å². The highest BCUT2D eigenvalue weighted by Gasteiger charge is 2.50. The highest BCUT2D eigenvalue weighted by Crippen LogP contribution is 2.48. The third-order valence-corrected chi connectivity index (χ3v) is 6.14. The summed E-state index contributed by atoms with van der Waals surface area (Å²) in [6, 6.07) is 13.3. The fraction of sp³-hybridized carbons (Fsp3) is 0.318. The molecule has 0 bridgehead atoms. The molecule has 4 rings (SSSR count). The quantitative estimate of drug-likeness (QED) is 0.836. The van der Waals surface area contributed by atoms with Crippen LogP contribution < -0.4 is 5.32 Å². The third-order valence-electron chi connectivity index (χ3n) is 6.14. The molecule has 1 saturated carbocycles. The van der Waals surface area contributed by atoms with Gasteiger partial charge in [0.1, 0.15) is 0 Å². The Bertz CT molecular complexity index is 1060. The molecule has 1 heterocycles. The van der Waals surface area contributed by atoms with E-state index < -0.39 is 34.4 Å². The van der Waals surface area contributed by atoms with Crippen LogP contribution in [-0.2, 0) is 15.7 Å². The van der Waals surface area contributed by atoms with Crippen LogP contribution in [0.2, 0.25) is 0 Å². The number of amides is 1. The van der Waals surface area contributed by atoms with Crippen LogP contribution in [0.5, 0.6) is 0 Å². The molecule has 0 spiro atoms. The molecule has 5 nitrogen and oxygen atoms in total. The van der Waals surface area contributed by atoms with E-state index in [2.05, 4.69) is 11.4 Å². The second-order valence-corrected chi connectivity index (χ2v) is 7.92. The summed E-state index contributed by atoms with van der Waals surface area (Å²) < 4.78 is 28.7. The monoisotopic (exact) mass is 394 g/mol. The normalized spacial score (nSPS) is 25.3. The van der Waals surface area contributed by atoms with Crippen LogP contribution in [0.25, 0.3) is 0 Å². The van der Waals surface area contributed by atoms with Crippen LogP contribution in [0, 0.1) is 28.4 Å². The number of guanidine groups is 1. The molecule has 1 aliphatic carbocycles. The minimum atomic E-state index is -1.36. The number of nitrogens with zero attached hydrogens (tertiary/aromatic N) is 2. The van der Waals surface area contributed by atoms with Crippen molar-refractivity contribution >= 4 is 11.9 Å². The number of benzene rings is 2. The average molecular weight is 394 g/mol. The minimum absolute atomic E-state index is 0.0199. The first-order valence-electron chi connectivity index (χ1n) is 9.34. The summed E-state index contributed by atoms with van der Waals surface area (Å²) >= 11 is 0. The Hall–Kier alpha value is -3.27. The van der Waals surface area contributed by atoms with Crippen molar-refractivity contribution in [3.05, 3.63) is 70.8 Å². The van der Waals surface area contributed by atoms with Gasteiger partial charge in [0.05, 0.1) is 22.9 Å². The van der Waals surface area contributed by atoms with Gasteiger partial charge < -0.3 is 5.32 Å². The van der Waals surface area contributed by atoms with E-state index in [4.69, 9.17) is 5.41 Å². The van der Waals surface area contributed by atoms with Gasteiger partial charge in [0, 0.05) is 12.6 Å². The fourth-order valence-electron chi connectivity index (χ4n) is 4.14. The molecule has 0 radical (unpaired) electrons. The molecule has 2 N–H and O–H groups in total. The van der Waals surface area contributed by atoms with Gasteiger partial charge in [-0.1, -0.05) is 36.4 Å². The zero-order valence-electron chi connectivity index (χ0n) is 16.1. The van der Waals surface area contributed by atoms with Crippen molar-refractivity contribution in [2.45, 2.75) is 36.6 Å². The summed E-state index contributed by atoms with van der Waals surface area (Å²) in [5, 5.41) is 20.4. The van der Waals surface area contributed by atoms with Gasteiger partial charge in [-0.05, 0) is 37.0 Å². The summed E-state index contributed by atoms with van der Waals surface area (Å²) in [5.41, 5.74) is -0.343. The van der Waals surface area contributed by atoms with Crippen molar-refractivity contribution in [2.24, 2.45) is 0 Å². The molecule has 2 aromatic carbocycles. The van der Waals surface area contributed by atoms with Crippen LogP contribution in [0.15, 0.2) is 42.5 Å². The first kappa shape index (κ1) is 19.1. The van der Waals surface area contributed by atoms with Crippen molar-refractivity contribution in [2.75, 3.05) is 7.05 Å². The topological polar surface area (TPSA) is 80.0 Å². The van der Waals surface area contributed by atoms with Crippen molar-refractivity contribution < 1.29 is 13.6 Å². The van der Waals surface area contributed by atoms with E-state index in [0.717, 1.165) is 29.4 Å². The number of hydrogen-bond acceptors (Lipinski definition) is 3. The molecule has 0 aromatic heterocycles. The van der Waals surface area contributed by atoms with Gasteiger partial charge >= 0.3 is 0 Å². The van der Waals surface area contributed by atoms with E-state index in [9.17, 15) is 18.8 Å². The number of nitrogens with one attached hydrogen (secondary N) is 2. The van der Waals surface area contributed by atoms with Crippen molar-refractivity contribution in [3.63, 3.8) is 0 Å². The lowest BCUT2D eigenvalue weighted by molar-refractivity contribution is -0.131. The summed E-state index contributed by atoms with van der Waals surface area (Å²) in [7, 11) is 1.47. The first-order chi connectivity index (χ1) is 13.7. The summed E-state index contributed by atoms with van der Waals surface area (Å²) in [6.45, 7) is 1.60. The highest BCUT2D eigenvalue weighted by atomic mass is 19.2. The Kier molecular flexibility index (Phi) is 4.19. The molecular formula is C22H20F2N4O. The van der Waals surface area contributed by atoms with Gasteiger partial charge in [0.25, 0.3) is 0 Å². The number of halogens is 2. The summed E-state index contributed by atoms with van der Waals surface area (Å²) in [6.07, 6.45) is 1.61. The molecule has 1 aliphatic heterocycles. The Morgan fingerprint density at radius 3 is 2.45 bits per heavy atom. The number of likely N-dealkylation sites (N-methyl/N-ethyl adjacent to an activating group) is 1. The number of hydrogen-bond donors (Lipinski definition) is 2. The fourth-order valence-corrected chi connectivity index (χ4v) is 4.14. The molecular weight excluding hydrogens is 374 g/mol. The Labute approximate surface area is 167 Å². The standard InChI is InChI=1S/C22H20F2N4O/c1-21(15-4-3-5-16(23)18(15)24)17(19(29)28(2)20(26)27-21)13-6-8-14(9-7-13)22(12-25)10-11-22/h3-9,17H,10-11H2,1-2H3,(H2,26,27)/t17-,21+/m0/s1. The smallest absolute Gasteiger partial charge is 0.239 e. The lowest BCUT2D eigenvalue weighted by atomic mass is 9.73. The maximum Gasteiger partial charge on any atom is 0.239 e. The predicted molar refractivity (Wildman–Crippen MR) is 103 cm³/mol. The summed E-state index contributed by atoms with van der Waals surface area (Å²) in [5.74, 6) is -3.52. The molecule has 0 unspecified atom stereocenters. The Morgan fingerprint density at radius 2 is 1.86 bits per heavy atom. The van der Waals surface area contributed by atoms with E-state index in [0.29, 0.717) is 5.56 Å². The van der Waals surface area contributed by atoms with Crippen molar-refractivity contribution in [1.82, 2.24) is 10.2 Å². The highest BCUT2D eigenvalue weighted by molar-refractivity contribution is 6.02. The lowest BCUT2D eigenvalue weighted by Gasteiger charge is -2.46. The van der Waals surface area contributed by atoms with Crippen LogP contribution in [0.4, 0.5) is 8.78 Å². The second kappa shape index (κ2) is 6.38. The Balaban J connectivity index is 1.83. The molecule has 29 heavy (non-hydrogen) atoms. The molecule has 2 fully saturated rings. The number of rotatable bonds is 3. The zero-order chi connectivity index (χ0) is 21.0. The molecule has 1 saturated heterocycles.